The van der Waals surface area contributed by atoms with Crippen LogP contribution < -0.4 is 15.8 Å². The van der Waals surface area contributed by atoms with E-state index in [1.54, 1.807) is 24.1 Å². The summed E-state index contributed by atoms with van der Waals surface area (Å²) in [6.07, 6.45) is 2.25. The van der Waals surface area contributed by atoms with Crippen LogP contribution in [0.15, 0.2) is 24.3 Å². The maximum absolute atomic E-state index is 12.7. The molecule has 0 saturated carbocycles. The first-order valence-electron chi connectivity index (χ1n) is 9.56. The van der Waals surface area contributed by atoms with E-state index < -0.39 is 36.5 Å². The van der Waals surface area contributed by atoms with Crippen LogP contribution >= 0.6 is 0 Å². The molecule has 1 aliphatic rings. The summed E-state index contributed by atoms with van der Waals surface area (Å²) >= 11 is 0. The molecular formula is C20H27N3O6. The number of nitrogens with one attached hydrogen (secondary N) is 1. The Morgan fingerprint density at radius 2 is 1.93 bits per heavy atom. The number of amides is 4. The number of benzene rings is 1. The van der Waals surface area contributed by atoms with E-state index in [2.05, 4.69) is 0 Å². The van der Waals surface area contributed by atoms with Crippen molar-refractivity contribution in [1.29, 1.82) is 0 Å². The van der Waals surface area contributed by atoms with Crippen LogP contribution in [0.5, 0.6) is 5.75 Å². The molecule has 1 aromatic rings. The van der Waals surface area contributed by atoms with Crippen LogP contribution in [-0.2, 0) is 19.1 Å². The quantitative estimate of drug-likeness (QED) is 0.631. The fourth-order valence-electron chi connectivity index (χ4n) is 3.42. The van der Waals surface area contributed by atoms with Crippen LogP contribution in [0.2, 0.25) is 0 Å². The summed E-state index contributed by atoms with van der Waals surface area (Å²) < 4.78 is 10.3. The van der Waals surface area contributed by atoms with Gasteiger partial charge in [0.2, 0.25) is 5.91 Å². The molecule has 1 aliphatic heterocycles. The van der Waals surface area contributed by atoms with Gasteiger partial charge in [-0.15, -0.1) is 0 Å². The van der Waals surface area contributed by atoms with Crippen molar-refractivity contribution >= 4 is 23.8 Å². The molecule has 158 valence electrons. The van der Waals surface area contributed by atoms with E-state index in [1.165, 1.54) is 0 Å². The third-order valence-corrected chi connectivity index (χ3v) is 4.83. The Labute approximate surface area is 169 Å². The predicted molar refractivity (Wildman–Crippen MR) is 104 cm³/mol. The number of carbonyl (C=O) groups is 4. The Bertz CT molecular complexity index is 749. The number of urea groups is 1. The van der Waals surface area contributed by atoms with Crippen molar-refractivity contribution < 1.29 is 28.7 Å². The van der Waals surface area contributed by atoms with Crippen LogP contribution in [-0.4, -0.2) is 49.0 Å². The summed E-state index contributed by atoms with van der Waals surface area (Å²) in [7, 11) is 1.56. The lowest BCUT2D eigenvalue weighted by Gasteiger charge is -2.40. The number of hydrogen-bond acceptors (Lipinski definition) is 6. The van der Waals surface area contributed by atoms with E-state index in [-0.39, 0.29) is 12.3 Å². The SMILES string of the molecule is CCCCN1C(=O)CC[C@H](C(=O)OCC(=O)NC(N)=O)[C@H]1c1ccc(OC)cc1. The van der Waals surface area contributed by atoms with Crippen molar-refractivity contribution in [2.75, 3.05) is 20.3 Å². The number of hydrogen-bond donors (Lipinski definition) is 2. The highest BCUT2D eigenvalue weighted by molar-refractivity contribution is 5.95. The zero-order valence-electron chi connectivity index (χ0n) is 16.7. The number of imide groups is 1. The lowest BCUT2D eigenvalue weighted by atomic mass is 9.84. The molecule has 1 heterocycles. The minimum atomic E-state index is -1.02. The van der Waals surface area contributed by atoms with E-state index in [0.29, 0.717) is 18.7 Å². The van der Waals surface area contributed by atoms with Crippen LogP contribution in [0, 0.1) is 5.92 Å². The molecule has 1 aromatic carbocycles. The van der Waals surface area contributed by atoms with Crippen molar-refractivity contribution in [2.24, 2.45) is 11.7 Å². The number of piperidine rings is 1. The van der Waals surface area contributed by atoms with Gasteiger partial charge in [0, 0.05) is 13.0 Å². The molecule has 0 bridgehead atoms. The maximum Gasteiger partial charge on any atom is 0.318 e. The van der Waals surface area contributed by atoms with E-state index in [0.717, 1.165) is 18.4 Å². The minimum absolute atomic E-state index is 0.0187. The van der Waals surface area contributed by atoms with Gasteiger partial charge in [-0.1, -0.05) is 25.5 Å². The molecular weight excluding hydrogens is 378 g/mol. The number of methoxy groups -OCH3 is 1. The third kappa shape index (κ3) is 5.94. The minimum Gasteiger partial charge on any atom is -0.497 e. The number of nitrogens with two attached hydrogens (primary N) is 1. The second-order valence-corrected chi connectivity index (χ2v) is 6.82. The number of nitrogens with zero attached hydrogens (tertiary/aromatic N) is 1. The van der Waals surface area contributed by atoms with Crippen molar-refractivity contribution in [3.63, 3.8) is 0 Å². The fourth-order valence-corrected chi connectivity index (χ4v) is 3.42. The molecule has 29 heavy (non-hydrogen) atoms. The normalized spacial score (nSPS) is 18.8. The standard InChI is InChI=1S/C20H27N3O6/c1-3-4-11-23-17(25)10-9-15(19(26)29-12-16(24)22-20(21)27)18(23)13-5-7-14(28-2)8-6-13/h5-8,15,18H,3-4,9-12H2,1-2H3,(H3,21,22,24,27)/t15-,18+/m0/s1. The lowest BCUT2D eigenvalue weighted by molar-refractivity contribution is -0.159. The molecule has 1 fully saturated rings. The lowest BCUT2D eigenvalue weighted by Crippen LogP contribution is -2.46. The number of ether oxygens (including phenoxy) is 2. The summed E-state index contributed by atoms with van der Waals surface area (Å²) in [5.41, 5.74) is 5.67. The number of rotatable bonds is 8. The molecule has 0 spiro atoms. The topological polar surface area (TPSA) is 128 Å². The number of likely N-dealkylation sites (tertiary alicyclic amines) is 1. The van der Waals surface area contributed by atoms with Gasteiger partial charge in [0.05, 0.1) is 19.1 Å². The van der Waals surface area contributed by atoms with E-state index >= 15 is 0 Å². The van der Waals surface area contributed by atoms with Crippen LogP contribution in [0.1, 0.15) is 44.2 Å². The molecule has 0 aromatic heterocycles. The summed E-state index contributed by atoms with van der Waals surface area (Å²) in [4.78, 5) is 49.3. The Hall–Kier alpha value is -3.10. The molecule has 0 unspecified atom stereocenters. The van der Waals surface area contributed by atoms with Gasteiger partial charge in [-0.3, -0.25) is 19.7 Å². The van der Waals surface area contributed by atoms with Crippen molar-refractivity contribution in [3.8, 4) is 5.75 Å². The average Bonchev–Trinajstić information content (AvgIpc) is 2.70. The fraction of sp³-hybridized carbons (Fsp3) is 0.500. The summed E-state index contributed by atoms with van der Waals surface area (Å²) in [5, 5.41) is 1.84. The molecule has 9 nitrogen and oxygen atoms in total. The second kappa shape index (κ2) is 10.4. The highest BCUT2D eigenvalue weighted by Gasteiger charge is 2.41. The van der Waals surface area contributed by atoms with Crippen molar-refractivity contribution in [2.45, 2.75) is 38.6 Å². The van der Waals surface area contributed by atoms with Crippen LogP contribution in [0.3, 0.4) is 0 Å². The number of carbonyl (C=O) groups excluding carboxylic acids is 4. The Morgan fingerprint density at radius 3 is 2.52 bits per heavy atom. The van der Waals surface area contributed by atoms with Gasteiger partial charge in [-0.25, -0.2) is 4.79 Å². The van der Waals surface area contributed by atoms with Crippen LogP contribution in [0.4, 0.5) is 4.79 Å². The van der Waals surface area contributed by atoms with Gasteiger partial charge in [-0.05, 0) is 30.5 Å². The molecule has 0 radical (unpaired) electrons. The highest BCUT2D eigenvalue weighted by atomic mass is 16.5. The summed E-state index contributed by atoms with van der Waals surface area (Å²) in [6.45, 7) is 1.94. The maximum atomic E-state index is 12.7. The summed E-state index contributed by atoms with van der Waals surface area (Å²) in [5.74, 6) is -1.38. The zero-order valence-corrected chi connectivity index (χ0v) is 16.7. The first kappa shape index (κ1) is 22.2. The number of unbranched alkanes of at least 4 members (excludes halogenated alkanes) is 1. The molecule has 9 heteroatoms. The molecule has 0 aliphatic carbocycles. The van der Waals surface area contributed by atoms with Gasteiger partial charge >= 0.3 is 12.0 Å². The second-order valence-electron chi connectivity index (χ2n) is 6.82. The van der Waals surface area contributed by atoms with Crippen molar-refractivity contribution in [3.05, 3.63) is 29.8 Å². The molecule has 1 saturated heterocycles. The zero-order chi connectivity index (χ0) is 21.4. The first-order valence-corrected chi connectivity index (χ1v) is 9.56. The van der Waals surface area contributed by atoms with E-state index in [1.807, 2.05) is 24.4 Å². The van der Waals surface area contributed by atoms with E-state index in [9.17, 15) is 19.2 Å². The van der Waals surface area contributed by atoms with Gasteiger partial charge in [0.25, 0.3) is 5.91 Å². The largest absolute Gasteiger partial charge is 0.497 e. The number of esters is 1. The van der Waals surface area contributed by atoms with Gasteiger partial charge in [0.1, 0.15) is 5.75 Å². The Kier molecular flexibility index (Phi) is 7.99. The summed E-state index contributed by atoms with van der Waals surface area (Å²) in [6, 6.07) is 5.67. The smallest absolute Gasteiger partial charge is 0.318 e. The highest BCUT2D eigenvalue weighted by Crippen LogP contribution is 2.38. The molecule has 4 amide bonds. The third-order valence-electron chi connectivity index (χ3n) is 4.83. The monoisotopic (exact) mass is 405 g/mol. The molecule has 2 rings (SSSR count). The Balaban J connectivity index is 2.24. The predicted octanol–water partition coefficient (Wildman–Crippen LogP) is 1.51. The van der Waals surface area contributed by atoms with Gasteiger partial charge in [0.15, 0.2) is 6.61 Å². The first-order chi connectivity index (χ1) is 13.9. The molecule has 2 atom stereocenters. The molecule has 3 N–H and O–H groups in total. The Morgan fingerprint density at radius 1 is 1.24 bits per heavy atom. The van der Waals surface area contributed by atoms with Crippen LogP contribution in [0.25, 0.3) is 0 Å². The average molecular weight is 405 g/mol. The van der Waals surface area contributed by atoms with Crippen molar-refractivity contribution in [1.82, 2.24) is 10.2 Å². The number of primary amides is 1. The van der Waals surface area contributed by atoms with Gasteiger partial charge < -0.3 is 20.1 Å². The van der Waals surface area contributed by atoms with Gasteiger partial charge in [-0.2, -0.15) is 0 Å². The van der Waals surface area contributed by atoms with E-state index in [4.69, 9.17) is 15.2 Å².